The van der Waals surface area contributed by atoms with Crippen LogP contribution in [0.2, 0.25) is 0 Å². The molecular formula is C8H9N3O2. The van der Waals surface area contributed by atoms with Crippen molar-refractivity contribution in [3.63, 3.8) is 0 Å². The molecule has 0 radical (unpaired) electrons. The first kappa shape index (κ1) is 9.18. The van der Waals surface area contributed by atoms with E-state index < -0.39 is 5.97 Å². The molecule has 0 aliphatic heterocycles. The number of aromatic nitrogens is 2. The summed E-state index contributed by atoms with van der Waals surface area (Å²) in [7, 11) is 0. The van der Waals surface area contributed by atoms with Crippen molar-refractivity contribution in [2.24, 2.45) is 0 Å². The number of carboxylic acids is 1. The molecule has 0 aliphatic rings. The summed E-state index contributed by atoms with van der Waals surface area (Å²) in [5, 5.41) is 8.56. The molecule has 0 bridgehead atoms. The summed E-state index contributed by atoms with van der Waals surface area (Å²) in [6.45, 7) is 1.50. The first-order valence-electron chi connectivity index (χ1n) is 3.58. The van der Waals surface area contributed by atoms with Crippen LogP contribution in [0, 0.1) is 0 Å². The van der Waals surface area contributed by atoms with E-state index in [1.807, 2.05) is 0 Å². The highest BCUT2D eigenvalue weighted by molar-refractivity contribution is 5.91. The summed E-state index contributed by atoms with van der Waals surface area (Å²) >= 11 is 0. The average Bonchev–Trinajstić information content (AvgIpc) is 2.08. The van der Waals surface area contributed by atoms with Crippen LogP contribution in [0.1, 0.15) is 12.5 Å². The van der Waals surface area contributed by atoms with Crippen molar-refractivity contribution in [1.29, 1.82) is 0 Å². The van der Waals surface area contributed by atoms with E-state index in [0.29, 0.717) is 5.56 Å². The van der Waals surface area contributed by atoms with Crippen LogP contribution in [-0.2, 0) is 4.79 Å². The Morgan fingerprint density at radius 3 is 2.54 bits per heavy atom. The summed E-state index contributed by atoms with van der Waals surface area (Å²) in [4.78, 5) is 17.9. The second-order valence-electron chi connectivity index (χ2n) is 2.51. The van der Waals surface area contributed by atoms with Gasteiger partial charge in [-0.1, -0.05) is 0 Å². The van der Waals surface area contributed by atoms with Crippen LogP contribution in [0.5, 0.6) is 0 Å². The van der Waals surface area contributed by atoms with Gasteiger partial charge in [0.05, 0.1) is 0 Å². The average molecular weight is 179 g/mol. The summed E-state index contributed by atoms with van der Waals surface area (Å²) in [5.74, 6) is -0.790. The van der Waals surface area contributed by atoms with Gasteiger partial charge in [-0.05, 0) is 13.0 Å². The van der Waals surface area contributed by atoms with Gasteiger partial charge < -0.3 is 10.8 Å². The van der Waals surface area contributed by atoms with Gasteiger partial charge in [0, 0.05) is 23.5 Å². The fourth-order valence-corrected chi connectivity index (χ4v) is 0.734. The lowest BCUT2D eigenvalue weighted by Gasteiger charge is -1.94. The lowest BCUT2D eigenvalue weighted by atomic mass is 10.2. The maximum atomic E-state index is 10.4. The highest BCUT2D eigenvalue weighted by Crippen LogP contribution is 2.04. The van der Waals surface area contributed by atoms with Crippen molar-refractivity contribution in [3.8, 4) is 0 Å². The zero-order valence-corrected chi connectivity index (χ0v) is 7.06. The Bertz CT molecular complexity index is 343. The molecule has 1 aromatic heterocycles. The van der Waals surface area contributed by atoms with Crippen molar-refractivity contribution in [1.82, 2.24) is 9.97 Å². The summed E-state index contributed by atoms with van der Waals surface area (Å²) in [5.41, 5.74) is 6.11. The molecule has 0 saturated heterocycles. The Morgan fingerprint density at radius 1 is 1.54 bits per heavy atom. The highest BCUT2D eigenvalue weighted by atomic mass is 16.4. The zero-order valence-electron chi connectivity index (χ0n) is 7.06. The number of carboxylic acid groups (broad SMARTS) is 1. The molecular weight excluding hydrogens is 170 g/mol. The van der Waals surface area contributed by atoms with Crippen molar-refractivity contribution < 1.29 is 9.90 Å². The fraction of sp³-hybridized carbons (Fsp3) is 0.125. The maximum absolute atomic E-state index is 10.4. The number of nitrogen functional groups attached to an aromatic ring is 1. The van der Waals surface area contributed by atoms with Crippen LogP contribution in [0.15, 0.2) is 18.0 Å². The quantitative estimate of drug-likeness (QED) is 0.647. The van der Waals surface area contributed by atoms with E-state index in [-0.39, 0.29) is 11.5 Å². The van der Waals surface area contributed by atoms with Gasteiger partial charge >= 0.3 is 5.97 Å². The molecule has 1 aromatic rings. The third-order valence-corrected chi connectivity index (χ3v) is 1.41. The smallest absolute Gasteiger partial charge is 0.331 e. The number of rotatable bonds is 2. The van der Waals surface area contributed by atoms with E-state index in [1.165, 1.54) is 25.4 Å². The third-order valence-electron chi connectivity index (χ3n) is 1.41. The Balaban J connectivity index is 2.92. The molecule has 5 heteroatoms. The molecule has 5 nitrogen and oxygen atoms in total. The first-order chi connectivity index (χ1) is 6.09. The van der Waals surface area contributed by atoms with Crippen LogP contribution < -0.4 is 5.73 Å². The number of anilines is 1. The van der Waals surface area contributed by atoms with E-state index in [1.54, 1.807) is 0 Å². The summed E-state index contributed by atoms with van der Waals surface area (Å²) < 4.78 is 0. The monoisotopic (exact) mass is 179 g/mol. The molecule has 3 N–H and O–H groups in total. The summed E-state index contributed by atoms with van der Waals surface area (Å²) in [6.07, 6.45) is 4.41. The van der Waals surface area contributed by atoms with Gasteiger partial charge in [-0.2, -0.15) is 0 Å². The lowest BCUT2D eigenvalue weighted by Crippen LogP contribution is -1.97. The zero-order chi connectivity index (χ0) is 9.84. The minimum Gasteiger partial charge on any atom is -0.478 e. The van der Waals surface area contributed by atoms with Gasteiger partial charge in [0.2, 0.25) is 5.95 Å². The molecule has 13 heavy (non-hydrogen) atoms. The van der Waals surface area contributed by atoms with E-state index >= 15 is 0 Å². The SMILES string of the molecule is CC(=Cc1cnc(N)nc1)C(=O)O. The number of hydrogen-bond donors (Lipinski definition) is 2. The minimum absolute atomic E-state index is 0.171. The fourth-order valence-electron chi connectivity index (χ4n) is 0.734. The third kappa shape index (κ3) is 2.55. The second kappa shape index (κ2) is 3.66. The van der Waals surface area contributed by atoms with Crippen molar-refractivity contribution >= 4 is 18.0 Å². The van der Waals surface area contributed by atoms with Gasteiger partial charge in [0.15, 0.2) is 0 Å². The first-order valence-corrected chi connectivity index (χ1v) is 3.58. The Morgan fingerprint density at radius 2 is 2.08 bits per heavy atom. The molecule has 0 aromatic carbocycles. The van der Waals surface area contributed by atoms with E-state index in [9.17, 15) is 4.79 Å². The van der Waals surface area contributed by atoms with Crippen LogP contribution in [0.4, 0.5) is 5.95 Å². The Labute approximate surface area is 74.9 Å². The molecule has 0 amide bonds. The highest BCUT2D eigenvalue weighted by Gasteiger charge is 1.99. The minimum atomic E-state index is -0.961. The number of nitrogens with zero attached hydrogens (tertiary/aromatic N) is 2. The van der Waals surface area contributed by atoms with Gasteiger partial charge in [0.1, 0.15) is 0 Å². The summed E-state index contributed by atoms with van der Waals surface area (Å²) in [6, 6.07) is 0. The number of carbonyl (C=O) groups is 1. The van der Waals surface area contributed by atoms with E-state index in [2.05, 4.69) is 9.97 Å². The second-order valence-corrected chi connectivity index (χ2v) is 2.51. The number of hydrogen-bond acceptors (Lipinski definition) is 4. The standard InChI is InChI=1S/C8H9N3O2/c1-5(7(12)13)2-6-3-10-8(9)11-4-6/h2-4H,1H3,(H,12,13)(H2,9,10,11). The molecule has 0 fully saturated rings. The van der Waals surface area contributed by atoms with Crippen LogP contribution in [-0.4, -0.2) is 21.0 Å². The molecule has 68 valence electrons. The molecule has 0 unspecified atom stereocenters. The molecule has 1 rings (SSSR count). The molecule has 1 heterocycles. The molecule has 0 aliphatic carbocycles. The van der Waals surface area contributed by atoms with Gasteiger partial charge in [-0.25, -0.2) is 14.8 Å². The largest absolute Gasteiger partial charge is 0.478 e. The predicted octanol–water partition coefficient (Wildman–Crippen LogP) is 0.547. The van der Waals surface area contributed by atoms with Crippen molar-refractivity contribution in [2.75, 3.05) is 5.73 Å². The number of aliphatic carboxylic acids is 1. The van der Waals surface area contributed by atoms with Crippen LogP contribution >= 0.6 is 0 Å². The van der Waals surface area contributed by atoms with Crippen molar-refractivity contribution in [3.05, 3.63) is 23.5 Å². The topological polar surface area (TPSA) is 89.1 Å². The normalized spacial score (nSPS) is 11.3. The Kier molecular flexibility index (Phi) is 2.59. The predicted molar refractivity (Wildman–Crippen MR) is 47.7 cm³/mol. The van der Waals surface area contributed by atoms with E-state index in [0.717, 1.165) is 0 Å². The van der Waals surface area contributed by atoms with Gasteiger partial charge in [-0.15, -0.1) is 0 Å². The van der Waals surface area contributed by atoms with Gasteiger partial charge in [-0.3, -0.25) is 0 Å². The Hall–Kier alpha value is -1.91. The lowest BCUT2D eigenvalue weighted by molar-refractivity contribution is -0.132. The molecule has 0 saturated carbocycles. The van der Waals surface area contributed by atoms with Crippen LogP contribution in [0.3, 0.4) is 0 Å². The van der Waals surface area contributed by atoms with Gasteiger partial charge in [0.25, 0.3) is 0 Å². The molecule has 0 atom stereocenters. The van der Waals surface area contributed by atoms with Crippen molar-refractivity contribution in [2.45, 2.75) is 6.92 Å². The van der Waals surface area contributed by atoms with Crippen LogP contribution in [0.25, 0.3) is 6.08 Å². The maximum Gasteiger partial charge on any atom is 0.331 e. The van der Waals surface area contributed by atoms with E-state index in [4.69, 9.17) is 10.8 Å². The molecule has 0 spiro atoms. The number of nitrogens with two attached hydrogens (primary N) is 1.